The van der Waals surface area contributed by atoms with E-state index in [0.717, 1.165) is 15.8 Å². The van der Waals surface area contributed by atoms with E-state index in [1.165, 1.54) is 4.90 Å². The van der Waals surface area contributed by atoms with Crippen molar-refractivity contribution >= 4 is 45.3 Å². The molecule has 0 saturated carbocycles. The minimum Gasteiger partial charge on any atom is -0.310 e. The number of pyridine rings is 1. The van der Waals surface area contributed by atoms with Crippen LogP contribution in [0.25, 0.3) is 16.3 Å². The van der Waals surface area contributed by atoms with E-state index in [1.54, 1.807) is 30.7 Å². The molecular weight excluding hydrogens is 322 g/mol. The fourth-order valence-electron chi connectivity index (χ4n) is 2.38. The van der Waals surface area contributed by atoms with Gasteiger partial charge in [-0.15, -0.1) is 11.3 Å². The summed E-state index contributed by atoms with van der Waals surface area (Å²) in [5.74, 6) is 0.949. The first-order valence-electron chi connectivity index (χ1n) is 7.30. The molecule has 1 N–H and O–H groups in total. The van der Waals surface area contributed by atoms with Gasteiger partial charge in [-0.1, -0.05) is 12.1 Å². The van der Waals surface area contributed by atoms with Crippen molar-refractivity contribution in [2.75, 3.05) is 12.4 Å². The smallest absolute Gasteiger partial charge is 0.279 e. The zero-order chi connectivity index (χ0) is 16.5. The van der Waals surface area contributed by atoms with Crippen LogP contribution in [-0.4, -0.2) is 33.8 Å². The lowest BCUT2D eigenvalue weighted by molar-refractivity contribution is -0.121. The number of aromatic nitrogens is 2. The largest absolute Gasteiger partial charge is 0.310 e. The van der Waals surface area contributed by atoms with Crippen molar-refractivity contribution in [3.05, 3.63) is 59.4 Å². The van der Waals surface area contributed by atoms with Gasteiger partial charge in [0.25, 0.3) is 5.91 Å². The Morgan fingerprint density at radius 2 is 2.12 bits per heavy atom. The van der Waals surface area contributed by atoms with Crippen LogP contribution in [-0.2, 0) is 4.79 Å². The number of carbonyl (C=O) groups excluding carboxylic acids is 1. The number of hydrogen-bond acceptors (Lipinski definition) is 6. The van der Waals surface area contributed by atoms with Gasteiger partial charge in [-0.05, 0) is 35.9 Å². The summed E-state index contributed by atoms with van der Waals surface area (Å²) in [4.78, 5) is 26.7. The maximum Gasteiger partial charge on any atom is 0.279 e. The number of fused-ring (bicyclic) bond motifs is 1. The van der Waals surface area contributed by atoms with Crippen LogP contribution in [0.4, 0.5) is 5.82 Å². The number of likely N-dealkylation sites (N-methyl/N-ethyl adjacent to an activating group) is 1. The van der Waals surface area contributed by atoms with E-state index in [2.05, 4.69) is 20.3 Å². The van der Waals surface area contributed by atoms with E-state index in [0.29, 0.717) is 17.5 Å². The van der Waals surface area contributed by atoms with Crippen LogP contribution in [0, 0.1) is 0 Å². The zero-order valence-electron chi connectivity index (χ0n) is 12.8. The van der Waals surface area contributed by atoms with Crippen molar-refractivity contribution in [3.8, 4) is 0 Å². The van der Waals surface area contributed by atoms with E-state index in [4.69, 9.17) is 0 Å². The molecule has 3 aromatic rings. The van der Waals surface area contributed by atoms with Gasteiger partial charge in [0.05, 0.1) is 15.7 Å². The SMILES string of the molecule is CN1C(=O)/C(=C/c2ccc3ncsc3c2)N=C1Nc1ccccn1. The molecule has 0 fully saturated rings. The van der Waals surface area contributed by atoms with Crippen molar-refractivity contribution < 1.29 is 4.79 Å². The Morgan fingerprint density at radius 1 is 1.21 bits per heavy atom. The monoisotopic (exact) mass is 335 g/mol. The lowest BCUT2D eigenvalue weighted by Crippen LogP contribution is -2.32. The van der Waals surface area contributed by atoms with Crippen molar-refractivity contribution in [2.45, 2.75) is 0 Å². The summed E-state index contributed by atoms with van der Waals surface area (Å²) in [6.45, 7) is 0. The number of aliphatic imine (C=N–C) groups is 1. The third kappa shape index (κ3) is 2.65. The summed E-state index contributed by atoms with van der Waals surface area (Å²) < 4.78 is 1.08. The van der Waals surface area contributed by atoms with E-state index in [9.17, 15) is 4.79 Å². The van der Waals surface area contributed by atoms with Gasteiger partial charge in [0.1, 0.15) is 11.5 Å². The molecule has 0 atom stereocenters. The summed E-state index contributed by atoms with van der Waals surface area (Å²) in [6, 6.07) is 11.4. The number of anilines is 1. The Morgan fingerprint density at radius 3 is 2.96 bits per heavy atom. The summed E-state index contributed by atoms with van der Waals surface area (Å²) in [7, 11) is 1.68. The first-order chi connectivity index (χ1) is 11.7. The van der Waals surface area contributed by atoms with Gasteiger partial charge in [0.15, 0.2) is 0 Å². The molecule has 118 valence electrons. The fourth-order valence-corrected chi connectivity index (χ4v) is 3.11. The number of guanidine groups is 1. The van der Waals surface area contributed by atoms with Gasteiger partial charge in [-0.25, -0.2) is 15.0 Å². The normalized spacial score (nSPS) is 16.0. The Kier molecular flexibility index (Phi) is 3.55. The van der Waals surface area contributed by atoms with Crippen LogP contribution in [0.2, 0.25) is 0 Å². The molecule has 1 aliphatic rings. The van der Waals surface area contributed by atoms with E-state index in [1.807, 2.05) is 41.9 Å². The molecule has 0 saturated heterocycles. The number of hydrogen-bond donors (Lipinski definition) is 1. The number of amides is 1. The highest BCUT2D eigenvalue weighted by Crippen LogP contribution is 2.23. The van der Waals surface area contributed by atoms with E-state index < -0.39 is 0 Å². The lowest BCUT2D eigenvalue weighted by atomic mass is 10.2. The minimum absolute atomic E-state index is 0.155. The molecular formula is C17H13N5OS. The highest BCUT2D eigenvalue weighted by Gasteiger charge is 2.27. The van der Waals surface area contributed by atoms with Gasteiger partial charge < -0.3 is 5.32 Å². The number of carbonyl (C=O) groups is 1. The molecule has 6 nitrogen and oxygen atoms in total. The number of rotatable bonds is 2. The van der Waals surface area contributed by atoms with Crippen LogP contribution in [0.1, 0.15) is 5.56 Å². The lowest BCUT2D eigenvalue weighted by Gasteiger charge is -2.12. The van der Waals surface area contributed by atoms with Crippen molar-refractivity contribution in [3.63, 3.8) is 0 Å². The Labute approximate surface area is 142 Å². The molecule has 0 unspecified atom stereocenters. The maximum atomic E-state index is 12.4. The van der Waals surface area contributed by atoms with Crippen molar-refractivity contribution in [2.24, 2.45) is 4.99 Å². The van der Waals surface area contributed by atoms with Crippen molar-refractivity contribution in [1.82, 2.24) is 14.9 Å². The van der Waals surface area contributed by atoms with E-state index >= 15 is 0 Å². The third-order valence-corrected chi connectivity index (χ3v) is 4.42. The quantitative estimate of drug-likeness (QED) is 0.731. The second-order valence-electron chi connectivity index (χ2n) is 5.25. The van der Waals surface area contributed by atoms with Gasteiger partial charge >= 0.3 is 0 Å². The van der Waals surface area contributed by atoms with Gasteiger partial charge in [-0.2, -0.15) is 0 Å². The van der Waals surface area contributed by atoms with Crippen LogP contribution in [0.15, 0.2) is 58.8 Å². The minimum atomic E-state index is -0.155. The molecule has 1 amide bonds. The summed E-state index contributed by atoms with van der Waals surface area (Å²) >= 11 is 1.57. The molecule has 1 aliphatic heterocycles. The van der Waals surface area contributed by atoms with Crippen LogP contribution in [0.5, 0.6) is 0 Å². The predicted octanol–water partition coefficient (Wildman–Crippen LogP) is 2.97. The summed E-state index contributed by atoms with van der Waals surface area (Å²) in [5, 5.41) is 3.06. The predicted molar refractivity (Wildman–Crippen MR) is 95.7 cm³/mol. The molecule has 7 heteroatoms. The van der Waals surface area contributed by atoms with Crippen molar-refractivity contribution in [1.29, 1.82) is 0 Å². The summed E-state index contributed by atoms with van der Waals surface area (Å²) in [5.41, 5.74) is 4.08. The zero-order valence-corrected chi connectivity index (χ0v) is 13.6. The number of benzene rings is 1. The molecule has 2 aromatic heterocycles. The number of nitrogens with zero attached hydrogens (tertiary/aromatic N) is 4. The highest BCUT2D eigenvalue weighted by molar-refractivity contribution is 7.16. The molecule has 0 radical (unpaired) electrons. The molecule has 4 rings (SSSR count). The Hall–Kier alpha value is -3.06. The van der Waals surface area contributed by atoms with Crippen LogP contribution in [0.3, 0.4) is 0 Å². The fraction of sp³-hybridized carbons (Fsp3) is 0.0588. The average Bonchev–Trinajstić information content (AvgIpc) is 3.16. The molecule has 0 bridgehead atoms. The molecule has 0 spiro atoms. The molecule has 0 aliphatic carbocycles. The van der Waals surface area contributed by atoms with Gasteiger partial charge in [0.2, 0.25) is 5.96 Å². The number of nitrogens with one attached hydrogen (secondary N) is 1. The first kappa shape index (κ1) is 14.5. The molecule has 24 heavy (non-hydrogen) atoms. The van der Waals surface area contributed by atoms with Gasteiger partial charge in [0, 0.05) is 13.2 Å². The molecule has 1 aromatic carbocycles. The second-order valence-corrected chi connectivity index (χ2v) is 6.14. The Balaban J connectivity index is 1.65. The number of thiazole rings is 1. The first-order valence-corrected chi connectivity index (χ1v) is 8.18. The average molecular weight is 335 g/mol. The Bertz CT molecular complexity index is 977. The third-order valence-electron chi connectivity index (χ3n) is 3.63. The van der Waals surface area contributed by atoms with Gasteiger partial charge in [-0.3, -0.25) is 9.69 Å². The van der Waals surface area contributed by atoms with E-state index in [-0.39, 0.29) is 5.91 Å². The standard InChI is InChI=1S/C17H13N5OS/c1-22-16(23)13(20-17(22)21-15-4-2-3-7-18-15)8-11-5-6-12-14(9-11)24-10-19-12/h2-10H,1H3,(H,18,20,21)/b13-8-. The van der Waals surface area contributed by atoms with Crippen LogP contribution >= 0.6 is 11.3 Å². The molecule has 3 heterocycles. The van der Waals surface area contributed by atoms with Crippen LogP contribution < -0.4 is 5.32 Å². The maximum absolute atomic E-state index is 12.4. The summed E-state index contributed by atoms with van der Waals surface area (Å²) in [6.07, 6.45) is 3.46. The topological polar surface area (TPSA) is 70.5 Å². The highest BCUT2D eigenvalue weighted by atomic mass is 32.1. The second kappa shape index (κ2) is 5.86.